The van der Waals surface area contributed by atoms with Gasteiger partial charge in [-0.05, 0) is 25.1 Å². The van der Waals surface area contributed by atoms with Crippen LogP contribution in [0.5, 0.6) is 11.5 Å². The molecule has 4 rings (SSSR count). The highest BCUT2D eigenvalue weighted by Crippen LogP contribution is 2.31. The molecule has 0 aliphatic carbocycles. The number of para-hydroxylation sites is 3. The predicted octanol–water partition coefficient (Wildman–Crippen LogP) is 2.48. The van der Waals surface area contributed by atoms with Gasteiger partial charge in [0.05, 0.1) is 0 Å². The van der Waals surface area contributed by atoms with Gasteiger partial charge in [0.2, 0.25) is 6.10 Å². The van der Waals surface area contributed by atoms with Crippen molar-refractivity contribution in [2.24, 2.45) is 0 Å². The highest BCUT2D eigenvalue weighted by molar-refractivity contribution is 5.99. The van der Waals surface area contributed by atoms with Crippen molar-refractivity contribution in [2.75, 3.05) is 6.61 Å². The predicted molar refractivity (Wildman–Crippen MR) is 92.9 cm³/mol. The number of amides is 2. The van der Waals surface area contributed by atoms with Gasteiger partial charge in [0.25, 0.3) is 5.91 Å². The van der Waals surface area contributed by atoms with Crippen molar-refractivity contribution in [3.63, 3.8) is 0 Å². The second-order valence-corrected chi connectivity index (χ2v) is 5.98. The third kappa shape index (κ3) is 3.05. The summed E-state index contributed by atoms with van der Waals surface area (Å²) >= 11 is 0. The molecule has 27 heavy (non-hydrogen) atoms. The van der Waals surface area contributed by atoms with E-state index < -0.39 is 23.7 Å². The molecule has 0 saturated heterocycles. The van der Waals surface area contributed by atoms with E-state index in [1.165, 1.54) is 12.1 Å². The second kappa shape index (κ2) is 6.64. The Morgan fingerprint density at radius 2 is 1.85 bits per heavy atom. The molecule has 2 aromatic carbocycles. The molecule has 1 atom stereocenters. The fraction of sp³-hybridized carbons (Fsp3) is 0.158. The third-order valence-electron chi connectivity index (χ3n) is 4.22. The first-order valence-electron chi connectivity index (χ1n) is 8.21. The van der Waals surface area contributed by atoms with Gasteiger partial charge in [0, 0.05) is 10.9 Å². The molecular weight excluding hydrogens is 355 g/mol. The molecule has 1 aliphatic rings. The van der Waals surface area contributed by atoms with Gasteiger partial charge in [0.1, 0.15) is 6.61 Å². The minimum atomic E-state index is -0.922. The number of carbonyl (C=O) groups is 2. The van der Waals surface area contributed by atoms with Crippen LogP contribution in [0, 0.1) is 12.7 Å². The van der Waals surface area contributed by atoms with Gasteiger partial charge < -0.3 is 13.9 Å². The molecule has 2 heterocycles. The monoisotopic (exact) mass is 370 g/mol. The number of benzene rings is 2. The van der Waals surface area contributed by atoms with Gasteiger partial charge in [-0.2, -0.15) is 0 Å². The second-order valence-electron chi connectivity index (χ2n) is 5.98. The van der Waals surface area contributed by atoms with E-state index in [1.54, 1.807) is 37.3 Å². The number of rotatable bonds is 2. The number of hydrogen-bond donors (Lipinski definition) is 2. The standard InChI is InChI=1S/C19H15FN2O5/c1-10-11-5-4-6-12(20)17(11)27-16(10)19(24)22-21-18(23)15-9-25-13-7-2-3-8-14(13)26-15/h2-8,15H,9H2,1H3,(H,21,23)(H,22,24)/t15-/m1/s1. The third-order valence-corrected chi connectivity index (χ3v) is 4.22. The largest absolute Gasteiger partial charge is 0.485 e. The van der Waals surface area contributed by atoms with Crippen LogP contribution in [0.1, 0.15) is 16.1 Å². The molecule has 2 amide bonds. The van der Waals surface area contributed by atoms with Crippen LogP contribution >= 0.6 is 0 Å². The topological polar surface area (TPSA) is 89.8 Å². The normalized spacial score (nSPS) is 15.4. The Bertz CT molecular complexity index is 1050. The smallest absolute Gasteiger partial charge is 0.305 e. The average molecular weight is 370 g/mol. The van der Waals surface area contributed by atoms with E-state index >= 15 is 0 Å². The lowest BCUT2D eigenvalue weighted by Crippen LogP contribution is -2.50. The van der Waals surface area contributed by atoms with Crippen LogP contribution in [0.25, 0.3) is 11.0 Å². The van der Waals surface area contributed by atoms with Crippen LogP contribution in [0.4, 0.5) is 4.39 Å². The summed E-state index contributed by atoms with van der Waals surface area (Å²) in [7, 11) is 0. The van der Waals surface area contributed by atoms with Crippen molar-refractivity contribution in [1.29, 1.82) is 0 Å². The highest BCUT2D eigenvalue weighted by atomic mass is 19.1. The number of ether oxygens (including phenoxy) is 2. The fourth-order valence-electron chi connectivity index (χ4n) is 2.83. The van der Waals surface area contributed by atoms with Crippen molar-refractivity contribution < 1.29 is 27.9 Å². The summed E-state index contributed by atoms with van der Waals surface area (Å²) in [5, 5.41) is 0.493. The molecule has 0 radical (unpaired) electrons. The van der Waals surface area contributed by atoms with Gasteiger partial charge in [-0.25, -0.2) is 4.39 Å². The first-order valence-corrected chi connectivity index (χ1v) is 8.21. The average Bonchev–Trinajstić information content (AvgIpc) is 3.03. The molecule has 1 aliphatic heterocycles. The Morgan fingerprint density at radius 1 is 1.07 bits per heavy atom. The van der Waals surface area contributed by atoms with Crippen molar-refractivity contribution in [2.45, 2.75) is 13.0 Å². The first-order chi connectivity index (χ1) is 13.0. The Labute approximate surface area is 153 Å². The van der Waals surface area contributed by atoms with Crippen LogP contribution in [0.3, 0.4) is 0 Å². The lowest BCUT2D eigenvalue weighted by Gasteiger charge is -2.25. The molecule has 1 aromatic heterocycles. The number of halogens is 1. The van der Waals surface area contributed by atoms with E-state index in [4.69, 9.17) is 13.9 Å². The summed E-state index contributed by atoms with van der Waals surface area (Å²) in [6.45, 7) is 1.64. The van der Waals surface area contributed by atoms with Gasteiger partial charge in [-0.1, -0.05) is 24.3 Å². The van der Waals surface area contributed by atoms with Crippen LogP contribution in [0.2, 0.25) is 0 Å². The maximum absolute atomic E-state index is 13.8. The SMILES string of the molecule is Cc1c(C(=O)NNC(=O)[C@H]2COc3ccccc3O2)oc2c(F)cccc12. The number of aryl methyl sites for hydroxylation is 1. The highest BCUT2D eigenvalue weighted by Gasteiger charge is 2.28. The van der Waals surface area contributed by atoms with E-state index in [9.17, 15) is 14.0 Å². The Hall–Kier alpha value is -3.55. The van der Waals surface area contributed by atoms with Gasteiger partial charge in [-0.3, -0.25) is 20.4 Å². The van der Waals surface area contributed by atoms with Crippen molar-refractivity contribution >= 4 is 22.8 Å². The molecule has 2 N–H and O–H groups in total. The number of carbonyl (C=O) groups excluding carboxylic acids is 2. The molecule has 0 spiro atoms. The molecule has 3 aromatic rings. The lowest BCUT2D eigenvalue weighted by molar-refractivity contribution is -0.131. The summed E-state index contributed by atoms with van der Waals surface area (Å²) in [4.78, 5) is 24.6. The summed E-state index contributed by atoms with van der Waals surface area (Å²) < 4.78 is 30.1. The number of hydrazine groups is 1. The number of hydrogen-bond acceptors (Lipinski definition) is 5. The van der Waals surface area contributed by atoms with Crippen LogP contribution in [0.15, 0.2) is 46.9 Å². The summed E-state index contributed by atoms with van der Waals surface area (Å²) in [6, 6.07) is 11.4. The van der Waals surface area contributed by atoms with E-state index in [1.807, 2.05) is 0 Å². The number of fused-ring (bicyclic) bond motifs is 2. The number of furan rings is 1. The molecule has 138 valence electrons. The van der Waals surface area contributed by atoms with Crippen molar-refractivity contribution in [3.05, 3.63) is 59.6 Å². The lowest BCUT2D eigenvalue weighted by atomic mass is 10.1. The first kappa shape index (κ1) is 16.9. The Balaban J connectivity index is 1.43. The van der Waals surface area contributed by atoms with Gasteiger partial charge >= 0.3 is 5.91 Å². The van der Waals surface area contributed by atoms with Crippen LogP contribution in [-0.2, 0) is 4.79 Å². The Kier molecular flexibility index (Phi) is 4.15. The molecule has 0 unspecified atom stereocenters. The molecule has 0 bridgehead atoms. The zero-order valence-electron chi connectivity index (χ0n) is 14.2. The van der Waals surface area contributed by atoms with Crippen molar-refractivity contribution in [1.82, 2.24) is 10.9 Å². The van der Waals surface area contributed by atoms with E-state index in [2.05, 4.69) is 10.9 Å². The molecule has 7 nitrogen and oxygen atoms in total. The summed E-state index contributed by atoms with van der Waals surface area (Å²) in [5.41, 5.74) is 4.99. The maximum Gasteiger partial charge on any atom is 0.305 e. The maximum atomic E-state index is 13.8. The van der Waals surface area contributed by atoms with Crippen LogP contribution in [-0.4, -0.2) is 24.5 Å². The van der Waals surface area contributed by atoms with Crippen molar-refractivity contribution in [3.8, 4) is 11.5 Å². The Morgan fingerprint density at radius 3 is 2.63 bits per heavy atom. The van der Waals surface area contributed by atoms with E-state index in [0.29, 0.717) is 22.4 Å². The van der Waals surface area contributed by atoms with Crippen LogP contribution < -0.4 is 20.3 Å². The minimum absolute atomic E-state index is 0.00732. The summed E-state index contributed by atoms with van der Waals surface area (Å²) in [5.74, 6) is -0.942. The van der Waals surface area contributed by atoms with Gasteiger partial charge in [-0.15, -0.1) is 0 Å². The fourth-order valence-corrected chi connectivity index (χ4v) is 2.83. The number of nitrogens with one attached hydrogen (secondary N) is 2. The van der Waals surface area contributed by atoms with E-state index in [-0.39, 0.29) is 18.0 Å². The van der Waals surface area contributed by atoms with Gasteiger partial charge in [0.15, 0.2) is 28.7 Å². The van der Waals surface area contributed by atoms with E-state index in [0.717, 1.165) is 0 Å². The zero-order chi connectivity index (χ0) is 19.0. The molecular formula is C19H15FN2O5. The summed E-state index contributed by atoms with van der Waals surface area (Å²) in [6.07, 6.45) is -0.922. The quantitative estimate of drug-likeness (QED) is 0.677. The molecule has 0 fully saturated rings. The molecule has 0 saturated carbocycles. The molecule has 8 heteroatoms. The zero-order valence-corrected chi connectivity index (χ0v) is 14.2. The minimum Gasteiger partial charge on any atom is -0.485 e.